The average Bonchev–Trinajstić information content (AvgIpc) is 3.26. The predicted molar refractivity (Wildman–Crippen MR) is 113 cm³/mol. The van der Waals surface area contributed by atoms with Gasteiger partial charge in [0, 0.05) is 12.2 Å². The zero-order valence-electron chi connectivity index (χ0n) is 17.3. The van der Waals surface area contributed by atoms with E-state index in [0.717, 1.165) is 17.0 Å². The molecule has 1 amide bonds. The molecule has 0 atom stereocenters. The largest absolute Gasteiger partial charge is 0.467 e. The number of carbonyl (C=O) groups is 1. The van der Waals surface area contributed by atoms with Crippen molar-refractivity contribution in [2.24, 2.45) is 0 Å². The highest BCUT2D eigenvalue weighted by Crippen LogP contribution is 2.27. The molecule has 0 radical (unpaired) electrons. The van der Waals surface area contributed by atoms with Gasteiger partial charge in [-0.15, -0.1) is 0 Å². The molecule has 6 heteroatoms. The second-order valence-electron chi connectivity index (χ2n) is 7.36. The third-order valence-corrected chi connectivity index (χ3v) is 5.21. The van der Waals surface area contributed by atoms with E-state index in [1.165, 1.54) is 11.1 Å². The Labute approximate surface area is 171 Å². The molecule has 0 bridgehead atoms. The predicted octanol–water partition coefficient (Wildman–Crippen LogP) is 4.00. The van der Waals surface area contributed by atoms with Crippen molar-refractivity contribution >= 4 is 11.7 Å². The third-order valence-electron chi connectivity index (χ3n) is 5.21. The van der Waals surface area contributed by atoms with Crippen LogP contribution in [0.2, 0.25) is 0 Å². The topological polar surface area (TPSA) is 74.2 Å². The van der Waals surface area contributed by atoms with Gasteiger partial charge < -0.3 is 14.3 Å². The molecule has 2 heterocycles. The van der Waals surface area contributed by atoms with Gasteiger partial charge in [-0.3, -0.25) is 9.69 Å². The second-order valence-corrected chi connectivity index (χ2v) is 7.36. The fraction of sp³-hybridized carbons (Fsp3) is 0.304. The standard InChI is InChI=1S/C23H26N4O2/c1-16-8-5-6-9-19(16)13-26(4)15-22(28)25-23-21(12-24)17(2)18(3)27(23)14-20-10-7-11-29-20/h5-11H,13-15H2,1-4H3,(H,25,28). The summed E-state index contributed by atoms with van der Waals surface area (Å²) < 4.78 is 7.38. The summed E-state index contributed by atoms with van der Waals surface area (Å²) >= 11 is 0. The van der Waals surface area contributed by atoms with Crippen LogP contribution in [0.4, 0.5) is 5.82 Å². The van der Waals surface area contributed by atoms with Gasteiger partial charge in [-0.25, -0.2) is 0 Å². The van der Waals surface area contributed by atoms with Crippen LogP contribution in [0.15, 0.2) is 47.1 Å². The van der Waals surface area contributed by atoms with Gasteiger partial charge in [-0.05, 0) is 56.6 Å². The van der Waals surface area contributed by atoms with E-state index in [1.54, 1.807) is 6.26 Å². The Morgan fingerprint density at radius 3 is 2.62 bits per heavy atom. The van der Waals surface area contributed by atoms with Crippen LogP contribution in [0.3, 0.4) is 0 Å². The Hall–Kier alpha value is -3.30. The number of rotatable bonds is 7. The first-order valence-corrected chi connectivity index (χ1v) is 9.55. The van der Waals surface area contributed by atoms with Crippen LogP contribution in [0.1, 0.15) is 33.7 Å². The summed E-state index contributed by atoms with van der Waals surface area (Å²) in [5.74, 6) is 1.13. The minimum absolute atomic E-state index is 0.157. The lowest BCUT2D eigenvalue weighted by Gasteiger charge is -2.18. The number of nitriles is 1. The van der Waals surface area contributed by atoms with E-state index in [4.69, 9.17) is 4.42 Å². The molecule has 0 fully saturated rings. The normalized spacial score (nSPS) is 10.9. The van der Waals surface area contributed by atoms with Crippen molar-refractivity contribution in [1.29, 1.82) is 5.26 Å². The first-order chi connectivity index (χ1) is 13.9. The van der Waals surface area contributed by atoms with Crippen molar-refractivity contribution in [2.45, 2.75) is 33.9 Å². The summed E-state index contributed by atoms with van der Waals surface area (Å²) in [5.41, 5.74) is 4.67. The van der Waals surface area contributed by atoms with E-state index in [9.17, 15) is 10.1 Å². The summed E-state index contributed by atoms with van der Waals surface area (Å²) in [6.45, 7) is 7.26. The number of hydrogen-bond acceptors (Lipinski definition) is 4. The minimum atomic E-state index is -0.157. The fourth-order valence-corrected chi connectivity index (χ4v) is 3.44. The number of nitrogens with one attached hydrogen (secondary N) is 1. The maximum absolute atomic E-state index is 12.7. The molecule has 29 heavy (non-hydrogen) atoms. The van der Waals surface area contributed by atoms with Crippen molar-refractivity contribution < 1.29 is 9.21 Å². The minimum Gasteiger partial charge on any atom is -0.467 e. The lowest BCUT2D eigenvalue weighted by Crippen LogP contribution is -2.31. The van der Waals surface area contributed by atoms with Crippen molar-refractivity contribution in [2.75, 3.05) is 18.9 Å². The SMILES string of the molecule is Cc1ccccc1CN(C)CC(=O)Nc1c(C#N)c(C)c(C)n1Cc1ccco1. The van der Waals surface area contributed by atoms with Gasteiger partial charge in [0.2, 0.25) is 5.91 Å². The Kier molecular flexibility index (Phi) is 6.20. The van der Waals surface area contributed by atoms with Crippen LogP contribution in [0.5, 0.6) is 0 Å². The Balaban J connectivity index is 1.76. The maximum atomic E-state index is 12.7. The number of benzene rings is 1. The quantitative estimate of drug-likeness (QED) is 0.662. The van der Waals surface area contributed by atoms with E-state index in [2.05, 4.69) is 30.4 Å². The van der Waals surface area contributed by atoms with Crippen molar-refractivity contribution in [1.82, 2.24) is 9.47 Å². The Morgan fingerprint density at radius 2 is 1.97 bits per heavy atom. The maximum Gasteiger partial charge on any atom is 0.239 e. The summed E-state index contributed by atoms with van der Waals surface area (Å²) in [6.07, 6.45) is 1.62. The highest BCUT2D eigenvalue weighted by Gasteiger charge is 2.21. The van der Waals surface area contributed by atoms with Crippen molar-refractivity contribution in [3.63, 3.8) is 0 Å². The number of aromatic nitrogens is 1. The van der Waals surface area contributed by atoms with Gasteiger partial charge in [-0.1, -0.05) is 24.3 Å². The molecule has 3 aromatic rings. The molecule has 1 aromatic carbocycles. The molecule has 150 valence electrons. The van der Waals surface area contributed by atoms with E-state index >= 15 is 0 Å². The number of anilines is 1. The Morgan fingerprint density at radius 1 is 1.21 bits per heavy atom. The Bertz CT molecular complexity index is 1040. The fourth-order valence-electron chi connectivity index (χ4n) is 3.44. The second kappa shape index (κ2) is 8.80. The number of nitrogens with zero attached hydrogens (tertiary/aromatic N) is 3. The number of hydrogen-bond donors (Lipinski definition) is 1. The number of likely N-dealkylation sites (N-methyl/N-ethyl adjacent to an activating group) is 1. The molecule has 0 spiro atoms. The van der Waals surface area contributed by atoms with Crippen LogP contribution >= 0.6 is 0 Å². The van der Waals surface area contributed by atoms with Gasteiger partial charge in [-0.2, -0.15) is 5.26 Å². The van der Waals surface area contributed by atoms with Crippen LogP contribution in [0, 0.1) is 32.1 Å². The summed E-state index contributed by atoms with van der Waals surface area (Å²) in [4.78, 5) is 14.7. The number of amides is 1. The van der Waals surface area contributed by atoms with Crippen molar-refractivity contribution in [3.8, 4) is 6.07 Å². The average molecular weight is 390 g/mol. The van der Waals surface area contributed by atoms with E-state index in [0.29, 0.717) is 24.5 Å². The van der Waals surface area contributed by atoms with E-state index in [-0.39, 0.29) is 12.5 Å². The summed E-state index contributed by atoms with van der Waals surface area (Å²) in [5, 5.41) is 12.6. The van der Waals surface area contributed by atoms with Crippen molar-refractivity contribution in [3.05, 3.63) is 76.4 Å². The molecular formula is C23H26N4O2. The zero-order valence-corrected chi connectivity index (χ0v) is 17.3. The van der Waals surface area contributed by atoms with E-state index < -0.39 is 0 Å². The third kappa shape index (κ3) is 4.58. The molecule has 0 aliphatic carbocycles. The van der Waals surface area contributed by atoms with Crippen LogP contribution in [0.25, 0.3) is 0 Å². The number of carbonyl (C=O) groups excluding carboxylic acids is 1. The molecule has 0 aliphatic rings. The molecule has 0 aliphatic heterocycles. The van der Waals surface area contributed by atoms with Gasteiger partial charge in [0.05, 0.1) is 24.9 Å². The monoisotopic (exact) mass is 390 g/mol. The van der Waals surface area contributed by atoms with Gasteiger partial charge in [0.1, 0.15) is 17.6 Å². The zero-order chi connectivity index (χ0) is 21.0. The highest BCUT2D eigenvalue weighted by molar-refractivity contribution is 5.93. The molecule has 0 unspecified atom stereocenters. The van der Waals surface area contributed by atoms with Gasteiger partial charge >= 0.3 is 0 Å². The van der Waals surface area contributed by atoms with Crippen LogP contribution in [-0.4, -0.2) is 29.0 Å². The summed E-state index contributed by atoms with van der Waals surface area (Å²) in [7, 11) is 1.91. The molecular weight excluding hydrogens is 364 g/mol. The highest BCUT2D eigenvalue weighted by atomic mass is 16.3. The van der Waals surface area contributed by atoms with Crippen LogP contribution in [-0.2, 0) is 17.9 Å². The number of furan rings is 1. The lowest BCUT2D eigenvalue weighted by atomic mass is 10.1. The summed E-state index contributed by atoms with van der Waals surface area (Å²) in [6, 6.07) is 14.1. The molecule has 2 aromatic heterocycles. The smallest absolute Gasteiger partial charge is 0.239 e. The molecule has 6 nitrogen and oxygen atoms in total. The number of aryl methyl sites for hydroxylation is 1. The first-order valence-electron chi connectivity index (χ1n) is 9.55. The first kappa shape index (κ1) is 20.4. The molecule has 1 N–H and O–H groups in total. The molecule has 3 rings (SSSR count). The lowest BCUT2D eigenvalue weighted by molar-refractivity contribution is -0.117. The van der Waals surface area contributed by atoms with Crippen LogP contribution < -0.4 is 5.32 Å². The molecule has 0 saturated carbocycles. The van der Waals surface area contributed by atoms with Gasteiger partial charge in [0.25, 0.3) is 0 Å². The molecule has 0 saturated heterocycles. The van der Waals surface area contributed by atoms with E-state index in [1.807, 2.05) is 54.6 Å². The van der Waals surface area contributed by atoms with Gasteiger partial charge in [0.15, 0.2) is 0 Å².